The van der Waals surface area contributed by atoms with Gasteiger partial charge in [0.1, 0.15) is 0 Å². The molecule has 126 valence electrons. The standard InChI is InChI=1S/C16H26ClNO4/c1-3-7-22-16-11-14(17)13(10-15(16)21-4-2)12-18-5-8-20-9-6-19/h10-11,18-19H,3-9,12H2,1-2H3. The molecule has 0 amide bonds. The fourth-order valence-corrected chi connectivity index (χ4v) is 2.06. The zero-order valence-corrected chi connectivity index (χ0v) is 14.1. The van der Waals surface area contributed by atoms with E-state index in [9.17, 15) is 0 Å². The van der Waals surface area contributed by atoms with Crippen LogP contribution in [0.25, 0.3) is 0 Å². The summed E-state index contributed by atoms with van der Waals surface area (Å²) in [6.07, 6.45) is 0.931. The molecule has 0 spiro atoms. The van der Waals surface area contributed by atoms with Crippen LogP contribution in [-0.4, -0.2) is 44.7 Å². The number of halogens is 1. The van der Waals surface area contributed by atoms with E-state index in [0.29, 0.717) is 56.0 Å². The van der Waals surface area contributed by atoms with Crippen LogP contribution in [-0.2, 0) is 11.3 Å². The van der Waals surface area contributed by atoms with Gasteiger partial charge in [0.15, 0.2) is 11.5 Å². The minimum atomic E-state index is 0.0444. The SMILES string of the molecule is CCCOc1cc(Cl)c(CNCCOCCO)cc1OCC. The van der Waals surface area contributed by atoms with E-state index in [2.05, 4.69) is 12.2 Å². The Labute approximate surface area is 137 Å². The lowest BCUT2D eigenvalue weighted by Crippen LogP contribution is -2.20. The van der Waals surface area contributed by atoms with Crippen molar-refractivity contribution in [3.63, 3.8) is 0 Å². The molecular weight excluding hydrogens is 306 g/mol. The summed E-state index contributed by atoms with van der Waals surface area (Å²) < 4.78 is 16.5. The summed E-state index contributed by atoms with van der Waals surface area (Å²) in [5.74, 6) is 1.40. The number of hydrogen-bond donors (Lipinski definition) is 2. The highest BCUT2D eigenvalue weighted by Crippen LogP contribution is 2.33. The first kappa shape index (κ1) is 19.0. The van der Waals surface area contributed by atoms with Crippen LogP contribution in [0.1, 0.15) is 25.8 Å². The number of nitrogens with one attached hydrogen (secondary N) is 1. The topological polar surface area (TPSA) is 60.0 Å². The normalized spacial score (nSPS) is 10.7. The molecule has 1 rings (SSSR count). The lowest BCUT2D eigenvalue weighted by molar-refractivity contribution is 0.0938. The van der Waals surface area contributed by atoms with Crippen LogP contribution in [0.3, 0.4) is 0 Å². The molecule has 0 atom stereocenters. The Morgan fingerprint density at radius 1 is 1.09 bits per heavy atom. The highest BCUT2D eigenvalue weighted by molar-refractivity contribution is 6.31. The van der Waals surface area contributed by atoms with Crippen molar-refractivity contribution >= 4 is 11.6 Å². The number of hydrogen-bond acceptors (Lipinski definition) is 5. The Hall–Kier alpha value is -1.01. The molecule has 0 saturated heterocycles. The van der Waals surface area contributed by atoms with Crippen LogP contribution >= 0.6 is 11.6 Å². The Kier molecular flexibility index (Phi) is 9.99. The zero-order valence-electron chi connectivity index (χ0n) is 13.4. The zero-order chi connectivity index (χ0) is 16.2. The molecule has 1 aromatic carbocycles. The third-order valence-electron chi connectivity index (χ3n) is 2.85. The van der Waals surface area contributed by atoms with Crippen molar-refractivity contribution in [1.29, 1.82) is 0 Å². The van der Waals surface area contributed by atoms with Crippen LogP contribution in [0.15, 0.2) is 12.1 Å². The smallest absolute Gasteiger partial charge is 0.162 e. The minimum Gasteiger partial charge on any atom is -0.490 e. The molecule has 1 aromatic rings. The first-order chi connectivity index (χ1) is 10.7. The van der Waals surface area contributed by atoms with Gasteiger partial charge >= 0.3 is 0 Å². The Morgan fingerprint density at radius 2 is 1.86 bits per heavy atom. The van der Waals surface area contributed by atoms with Gasteiger partial charge in [0.05, 0.1) is 33.0 Å². The predicted octanol–water partition coefficient (Wildman–Crippen LogP) is 2.63. The second-order valence-electron chi connectivity index (χ2n) is 4.68. The number of aliphatic hydroxyl groups is 1. The average Bonchev–Trinajstić information content (AvgIpc) is 2.52. The molecule has 6 heteroatoms. The van der Waals surface area contributed by atoms with Gasteiger partial charge in [-0.05, 0) is 25.0 Å². The largest absolute Gasteiger partial charge is 0.490 e. The maximum Gasteiger partial charge on any atom is 0.162 e. The molecule has 0 bridgehead atoms. The van der Waals surface area contributed by atoms with Gasteiger partial charge in [-0.25, -0.2) is 0 Å². The van der Waals surface area contributed by atoms with Gasteiger partial charge in [-0.1, -0.05) is 18.5 Å². The Bertz CT molecular complexity index is 429. The maximum atomic E-state index is 8.62. The van der Waals surface area contributed by atoms with E-state index in [1.807, 2.05) is 19.1 Å². The summed E-state index contributed by atoms with van der Waals surface area (Å²) in [4.78, 5) is 0. The molecule has 5 nitrogen and oxygen atoms in total. The van der Waals surface area contributed by atoms with Gasteiger partial charge < -0.3 is 24.6 Å². The molecule has 2 N–H and O–H groups in total. The van der Waals surface area contributed by atoms with Crippen molar-refractivity contribution < 1.29 is 19.3 Å². The second-order valence-corrected chi connectivity index (χ2v) is 5.09. The maximum absolute atomic E-state index is 8.62. The summed E-state index contributed by atoms with van der Waals surface area (Å²) in [5.41, 5.74) is 0.955. The number of rotatable bonds is 12. The number of aliphatic hydroxyl groups excluding tert-OH is 1. The third-order valence-corrected chi connectivity index (χ3v) is 3.20. The van der Waals surface area contributed by atoms with E-state index in [-0.39, 0.29) is 6.61 Å². The fourth-order valence-electron chi connectivity index (χ4n) is 1.84. The lowest BCUT2D eigenvalue weighted by atomic mass is 10.2. The van der Waals surface area contributed by atoms with Crippen LogP contribution in [0, 0.1) is 0 Å². The van der Waals surface area contributed by atoms with Gasteiger partial charge in [0.25, 0.3) is 0 Å². The number of benzene rings is 1. The van der Waals surface area contributed by atoms with E-state index in [1.165, 1.54) is 0 Å². The lowest BCUT2D eigenvalue weighted by Gasteiger charge is -2.15. The van der Waals surface area contributed by atoms with Gasteiger partial charge in [-0.3, -0.25) is 0 Å². The highest BCUT2D eigenvalue weighted by atomic mass is 35.5. The molecule has 0 radical (unpaired) electrons. The van der Waals surface area contributed by atoms with Crippen LogP contribution in [0.2, 0.25) is 5.02 Å². The summed E-state index contributed by atoms with van der Waals surface area (Å²) in [6.45, 7) is 7.47. The summed E-state index contributed by atoms with van der Waals surface area (Å²) >= 11 is 6.30. The Balaban J connectivity index is 2.60. The van der Waals surface area contributed by atoms with Gasteiger partial charge in [-0.15, -0.1) is 0 Å². The second kappa shape index (κ2) is 11.5. The summed E-state index contributed by atoms with van der Waals surface area (Å²) in [7, 11) is 0. The molecule has 0 aliphatic rings. The minimum absolute atomic E-state index is 0.0444. The molecular formula is C16H26ClNO4. The summed E-state index contributed by atoms with van der Waals surface area (Å²) in [5, 5.41) is 12.5. The molecule has 0 aromatic heterocycles. The predicted molar refractivity (Wildman–Crippen MR) is 88.0 cm³/mol. The van der Waals surface area contributed by atoms with E-state index >= 15 is 0 Å². The van der Waals surface area contributed by atoms with E-state index in [4.69, 9.17) is 30.9 Å². The highest BCUT2D eigenvalue weighted by Gasteiger charge is 2.11. The molecule has 0 aliphatic carbocycles. The molecule has 0 saturated carbocycles. The van der Waals surface area contributed by atoms with Crippen LogP contribution in [0.4, 0.5) is 0 Å². The van der Waals surface area contributed by atoms with Crippen LogP contribution < -0.4 is 14.8 Å². The van der Waals surface area contributed by atoms with Crippen molar-refractivity contribution in [2.24, 2.45) is 0 Å². The number of ether oxygens (including phenoxy) is 3. The van der Waals surface area contributed by atoms with Crippen molar-refractivity contribution in [3.05, 3.63) is 22.7 Å². The van der Waals surface area contributed by atoms with Crippen LogP contribution in [0.5, 0.6) is 11.5 Å². The van der Waals surface area contributed by atoms with E-state index in [0.717, 1.165) is 12.0 Å². The van der Waals surface area contributed by atoms with E-state index in [1.54, 1.807) is 0 Å². The van der Waals surface area contributed by atoms with Crippen molar-refractivity contribution in [2.45, 2.75) is 26.8 Å². The molecule has 0 unspecified atom stereocenters. The first-order valence-corrected chi connectivity index (χ1v) is 8.08. The average molecular weight is 332 g/mol. The van der Waals surface area contributed by atoms with Gasteiger partial charge in [-0.2, -0.15) is 0 Å². The monoisotopic (exact) mass is 331 g/mol. The molecule has 22 heavy (non-hydrogen) atoms. The van der Waals surface area contributed by atoms with Crippen molar-refractivity contribution in [2.75, 3.05) is 39.6 Å². The molecule has 0 aliphatic heterocycles. The first-order valence-electron chi connectivity index (χ1n) is 7.70. The molecule has 0 fully saturated rings. The van der Waals surface area contributed by atoms with Crippen molar-refractivity contribution in [3.8, 4) is 11.5 Å². The van der Waals surface area contributed by atoms with Crippen molar-refractivity contribution in [1.82, 2.24) is 5.32 Å². The Morgan fingerprint density at radius 3 is 2.55 bits per heavy atom. The fraction of sp³-hybridized carbons (Fsp3) is 0.625. The summed E-state index contributed by atoms with van der Waals surface area (Å²) in [6, 6.07) is 3.72. The quantitative estimate of drug-likeness (QED) is 0.577. The third kappa shape index (κ3) is 6.83. The van der Waals surface area contributed by atoms with E-state index < -0.39 is 0 Å². The van der Waals surface area contributed by atoms with Gasteiger partial charge in [0.2, 0.25) is 0 Å². The molecule has 0 heterocycles. The van der Waals surface area contributed by atoms with Gasteiger partial charge in [0, 0.05) is 24.2 Å².